The number of benzene rings is 1. The Morgan fingerprint density at radius 2 is 1.76 bits per heavy atom. The number of amides is 1. The van der Waals surface area contributed by atoms with Crippen molar-refractivity contribution >= 4 is 23.5 Å². The average Bonchev–Trinajstić information content (AvgIpc) is 2.70. The Morgan fingerprint density at radius 3 is 2.34 bits per heavy atom. The minimum atomic E-state index is -1.09. The molecule has 1 aliphatic carbocycles. The summed E-state index contributed by atoms with van der Waals surface area (Å²) >= 11 is 0. The Kier molecular flexibility index (Phi) is 7.30. The van der Waals surface area contributed by atoms with Crippen LogP contribution >= 0.6 is 0 Å². The van der Waals surface area contributed by atoms with Gasteiger partial charge in [0.15, 0.2) is 6.10 Å². The number of nitro benzene ring substituents is 1. The molecule has 29 heavy (non-hydrogen) atoms. The summed E-state index contributed by atoms with van der Waals surface area (Å²) in [6.45, 7) is 5.67. The monoisotopic (exact) mass is 406 g/mol. The van der Waals surface area contributed by atoms with Crippen LogP contribution in [0.5, 0.6) is 0 Å². The number of methoxy groups -OCH3 is 1. The normalized spacial score (nSPS) is 22.3. The first-order valence-electron chi connectivity index (χ1n) is 9.53. The van der Waals surface area contributed by atoms with E-state index in [0.29, 0.717) is 11.8 Å². The fourth-order valence-electron chi connectivity index (χ4n) is 3.44. The average molecular weight is 406 g/mol. The number of rotatable bonds is 6. The van der Waals surface area contributed by atoms with Crippen molar-refractivity contribution in [3.05, 3.63) is 39.4 Å². The highest BCUT2D eigenvalue weighted by molar-refractivity contribution is 5.97. The molecule has 1 aromatic carbocycles. The van der Waals surface area contributed by atoms with E-state index in [4.69, 9.17) is 4.74 Å². The van der Waals surface area contributed by atoms with Gasteiger partial charge in [-0.2, -0.15) is 0 Å². The number of carbonyl (C=O) groups is 3. The maximum atomic E-state index is 12.5. The maximum Gasteiger partial charge on any atom is 0.339 e. The predicted octanol–water partition coefficient (Wildman–Crippen LogP) is 2.87. The Balaban J connectivity index is 2.10. The minimum absolute atomic E-state index is 0.0103. The second kappa shape index (κ2) is 9.49. The molecule has 0 unspecified atom stereocenters. The van der Waals surface area contributed by atoms with Gasteiger partial charge in [0.2, 0.25) is 0 Å². The molecule has 4 atom stereocenters. The largest absolute Gasteiger partial charge is 0.465 e. The van der Waals surface area contributed by atoms with Crippen LogP contribution in [0.15, 0.2) is 18.2 Å². The SMILES string of the molecule is COC(=O)c1cc(C(=O)O[C@H](C)C(=O)N[C@@H]2CCC[C@H](C)[C@@H]2C)cc([N+](=O)[O-])c1. The zero-order chi connectivity index (χ0) is 21.7. The molecule has 0 bridgehead atoms. The number of carbonyl (C=O) groups excluding carboxylic acids is 3. The molecule has 9 nitrogen and oxygen atoms in total. The first kappa shape index (κ1) is 22.3. The number of esters is 2. The summed E-state index contributed by atoms with van der Waals surface area (Å²) in [7, 11) is 1.12. The fraction of sp³-hybridized carbons (Fsp3) is 0.550. The van der Waals surface area contributed by atoms with Crippen LogP contribution < -0.4 is 5.32 Å². The van der Waals surface area contributed by atoms with Crippen molar-refractivity contribution in [2.75, 3.05) is 7.11 Å². The molecule has 0 aromatic heterocycles. The van der Waals surface area contributed by atoms with E-state index in [2.05, 4.69) is 23.9 Å². The molecule has 9 heteroatoms. The van der Waals surface area contributed by atoms with Crippen molar-refractivity contribution in [2.24, 2.45) is 11.8 Å². The molecule has 1 N–H and O–H groups in total. The number of hydrogen-bond acceptors (Lipinski definition) is 7. The molecule has 158 valence electrons. The van der Waals surface area contributed by atoms with Crippen LogP contribution in [-0.4, -0.2) is 42.0 Å². The summed E-state index contributed by atoms with van der Waals surface area (Å²) in [6, 6.07) is 3.14. The number of nitrogens with zero attached hydrogens (tertiary/aromatic N) is 1. The molecular weight excluding hydrogens is 380 g/mol. The van der Waals surface area contributed by atoms with Gasteiger partial charge in [0.25, 0.3) is 11.6 Å². The molecule has 0 spiro atoms. The van der Waals surface area contributed by atoms with E-state index >= 15 is 0 Å². The standard InChI is InChI=1S/C20H26N2O7/c1-11-6-5-7-17(12(11)2)21-18(23)13(3)29-20(25)15-8-14(19(24)28-4)9-16(10-15)22(26)27/h8-13,17H,5-7H2,1-4H3,(H,21,23)/t11-,12-,13+,17+/m0/s1. The summed E-state index contributed by atoms with van der Waals surface area (Å²) in [5.74, 6) is -1.38. The Morgan fingerprint density at radius 1 is 1.14 bits per heavy atom. The van der Waals surface area contributed by atoms with Crippen molar-refractivity contribution in [3.63, 3.8) is 0 Å². The van der Waals surface area contributed by atoms with Gasteiger partial charge < -0.3 is 14.8 Å². The van der Waals surface area contributed by atoms with Gasteiger partial charge in [-0.15, -0.1) is 0 Å². The van der Waals surface area contributed by atoms with Gasteiger partial charge in [-0.05, 0) is 31.2 Å². The summed E-state index contributed by atoms with van der Waals surface area (Å²) in [4.78, 5) is 47.0. The minimum Gasteiger partial charge on any atom is -0.465 e. The number of hydrogen-bond donors (Lipinski definition) is 1. The third kappa shape index (κ3) is 5.52. The van der Waals surface area contributed by atoms with Crippen LogP contribution in [0.3, 0.4) is 0 Å². The molecule has 0 radical (unpaired) electrons. The van der Waals surface area contributed by atoms with Crippen LogP contribution in [0.1, 0.15) is 60.7 Å². The number of nitrogens with one attached hydrogen (secondary N) is 1. The topological polar surface area (TPSA) is 125 Å². The summed E-state index contributed by atoms with van der Waals surface area (Å²) in [6.07, 6.45) is 1.92. The van der Waals surface area contributed by atoms with Gasteiger partial charge in [-0.25, -0.2) is 9.59 Å². The maximum absolute atomic E-state index is 12.5. The van der Waals surface area contributed by atoms with E-state index in [1.165, 1.54) is 6.92 Å². The van der Waals surface area contributed by atoms with Crippen LogP contribution in [-0.2, 0) is 14.3 Å². The van der Waals surface area contributed by atoms with Gasteiger partial charge >= 0.3 is 11.9 Å². The quantitative estimate of drug-likeness (QED) is 0.437. The Bertz CT molecular complexity index is 808. The van der Waals surface area contributed by atoms with E-state index in [0.717, 1.165) is 44.6 Å². The third-order valence-electron chi connectivity index (χ3n) is 5.47. The Hall–Kier alpha value is -2.97. The van der Waals surface area contributed by atoms with Gasteiger partial charge in [0.05, 0.1) is 23.2 Å². The Labute approximate surface area is 168 Å². The highest BCUT2D eigenvalue weighted by Crippen LogP contribution is 2.29. The predicted molar refractivity (Wildman–Crippen MR) is 103 cm³/mol. The highest BCUT2D eigenvalue weighted by atomic mass is 16.6. The second-order valence-electron chi connectivity index (χ2n) is 7.45. The first-order chi connectivity index (χ1) is 13.6. The van der Waals surface area contributed by atoms with E-state index in [9.17, 15) is 24.5 Å². The molecule has 0 heterocycles. The lowest BCUT2D eigenvalue weighted by molar-refractivity contribution is -0.384. The molecule has 0 aliphatic heterocycles. The van der Waals surface area contributed by atoms with E-state index < -0.39 is 34.6 Å². The molecule has 1 aliphatic rings. The van der Waals surface area contributed by atoms with Crippen molar-refractivity contribution in [1.29, 1.82) is 0 Å². The zero-order valence-electron chi connectivity index (χ0n) is 17.0. The van der Waals surface area contributed by atoms with Crippen LogP contribution in [0, 0.1) is 22.0 Å². The van der Waals surface area contributed by atoms with Crippen LogP contribution in [0.2, 0.25) is 0 Å². The molecule has 1 amide bonds. The van der Waals surface area contributed by atoms with Crippen LogP contribution in [0.4, 0.5) is 5.69 Å². The van der Waals surface area contributed by atoms with Crippen molar-refractivity contribution in [1.82, 2.24) is 5.32 Å². The molecule has 1 aromatic rings. The van der Waals surface area contributed by atoms with E-state index in [-0.39, 0.29) is 17.2 Å². The third-order valence-corrected chi connectivity index (χ3v) is 5.47. The van der Waals surface area contributed by atoms with Gasteiger partial charge in [-0.3, -0.25) is 14.9 Å². The highest BCUT2D eigenvalue weighted by Gasteiger charge is 2.30. The van der Waals surface area contributed by atoms with Gasteiger partial charge in [0.1, 0.15) is 0 Å². The number of nitro groups is 1. The van der Waals surface area contributed by atoms with Gasteiger partial charge in [-0.1, -0.05) is 26.7 Å². The van der Waals surface area contributed by atoms with Crippen molar-refractivity contribution in [2.45, 2.75) is 52.2 Å². The van der Waals surface area contributed by atoms with Crippen molar-refractivity contribution in [3.8, 4) is 0 Å². The second-order valence-corrected chi connectivity index (χ2v) is 7.45. The van der Waals surface area contributed by atoms with E-state index in [1.807, 2.05) is 0 Å². The lowest BCUT2D eigenvalue weighted by atomic mass is 9.78. The number of ether oxygens (including phenoxy) is 2. The lowest BCUT2D eigenvalue weighted by Crippen LogP contribution is -2.47. The molecular formula is C20H26N2O7. The number of non-ortho nitro benzene ring substituents is 1. The van der Waals surface area contributed by atoms with Gasteiger partial charge in [0, 0.05) is 18.2 Å². The summed E-state index contributed by atoms with van der Waals surface area (Å²) < 4.78 is 9.73. The smallest absolute Gasteiger partial charge is 0.339 e. The molecule has 1 fully saturated rings. The van der Waals surface area contributed by atoms with Crippen LogP contribution in [0.25, 0.3) is 0 Å². The summed E-state index contributed by atoms with van der Waals surface area (Å²) in [5, 5.41) is 14.0. The zero-order valence-corrected chi connectivity index (χ0v) is 17.0. The molecule has 1 saturated carbocycles. The van der Waals surface area contributed by atoms with Crippen molar-refractivity contribution < 1.29 is 28.8 Å². The molecule has 0 saturated heterocycles. The summed E-state index contributed by atoms with van der Waals surface area (Å²) in [5.41, 5.74) is -0.823. The molecule has 2 rings (SSSR count). The fourth-order valence-corrected chi connectivity index (χ4v) is 3.44. The lowest BCUT2D eigenvalue weighted by Gasteiger charge is -2.35. The first-order valence-corrected chi connectivity index (χ1v) is 9.53. The van der Waals surface area contributed by atoms with E-state index in [1.54, 1.807) is 0 Å².